The molecule has 3 aromatic heterocycles. The third-order valence-corrected chi connectivity index (χ3v) is 6.13. The van der Waals surface area contributed by atoms with Crippen molar-refractivity contribution in [2.24, 2.45) is 0 Å². The summed E-state index contributed by atoms with van der Waals surface area (Å²) in [6.07, 6.45) is 2.11. The van der Waals surface area contributed by atoms with Crippen molar-refractivity contribution >= 4 is 27.3 Å². The summed E-state index contributed by atoms with van der Waals surface area (Å²) < 4.78 is 7.55. The molecule has 0 atom stereocenters. The Hall–Kier alpha value is -4.62. The van der Waals surface area contributed by atoms with Gasteiger partial charge in [-0.1, -0.05) is 30.3 Å². The number of pyridine rings is 2. The lowest BCUT2D eigenvalue weighted by Gasteiger charge is -2.10. The molecule has 0 fully saturated rings. The van der Waals surface area contributed by atoms with E-state index < -0.39 is 0 Å². The predicted octanol–water partition coefficient (Wildman–Crippen LogP) is 6.85. The van der Waals surface area contributed by atoms with Crippen molar-refractivity contribution in [3.05, 3.63) is 103 Å². The molecule has 0 aliphatic heterocycles. The summed E-state index contributed by atoms with van der Waals surface area (Å²) in [7, 11) is 1.67. The Bertz CT molecular complexity index is 1690. The summed E-state index contributed by atoms with van der Waals surface area (Å²) in [5.41, 5.74) is 7.99. The second kappa shape index (κ2) is 7.51. The number of methoxy groups -OCH3 is 1. The fourth-order valence-corrected chi connectivity index (χ4v) is 4.46. The van der Waals surface area contributed by atoms with Crippen LogP contribution >= 0.6 is 0 Å². The molecule has 4 heteroatoms. The molecular weight excluding hydrogens is 406 g/mol. The molecule has 156 valence electrons. The Kier molecular flexibility index (Phi) is 4.34. The molecule has 4 nitrogen and oxygen atoms in total. The third kappa shape index (κ3) is 3.10. The molecule has 0 aliphatic carbocycles. The fraction of sp³-hybridized carbons (Fsp3) is 0.0345. The molecule has 6 aromatic rings. The molecule has 33 heavy (non-hydrogen) atoms. The van der Waals surface area contributed by atoms with Crippen LogP contribution in [0.3, 0.4) is 0 Å². The molecule has 3 aromatic carbocycles. The van der Waals surface area contributed by atoms with Gasteiger partial charge in [-0.3, -0.25) is 0 Å². The lowest BCUT2D eigenvalue weighted by Crippen LogP contribution is -1.93. The van der Waals surface area contributed by atoms with Crippen molar-refractivity contribution in [1.82, 2.24) is 9.38 Å². The maximum absolute atomic E-state index is 9.09. The maximum atomic E-state index is 9.09. The van der Waals surface area contributed by atoms with Crippen LogP contribution in [0.25, 0.3) is 49.7 Å². The summed E-state index contributed by atoms with van der Waals surface area (Å²) in [6.45, 7) is 0. The molecule has 3 heterocycles. The zero-order valence-corrected chi connectivity index (χ0v) is 18.0. The van der Waals surface area contributed by atoms with Gasteiger partial charge in [-0.25, -0.2) is 4.98 Å². The van der Waals surface area contributed by atoms with Crippen molar-refractivity contribution in [2.75, 3.05) is 7.11 Å². The van der Waals surface area contributed by atoms with E-state index in [1.54, 1.807) is 7.11 Å². The minimum absolute atomic E-state index is 0.662. The smallest absolute Gasteiger partial charge is 0.118 e. The fourth-order valence-electron chi connectivity index (χ4n) is 4.46. The highest BCUT2D eigenvalue weighted by Gasteiger charge is 2.15. The van der Waals surface area contributed by atoms with E-state index in [9.17, 15) is 0 Å². The number of hydrogen-bond acceptors (Lipinski definition) is 3. The maximum Gasteiger partial charge on any atom is 0.118 e. The molecule has 0 spiro atoms. The zero-order valence-electron chi connectivity index (χ0n) is 18.0. The van der Waals surface area contributed by atoms with Crippen molar-refractivity contribution in [3.63, 3.8) is 0 Å². The standard InChI is InChI=1S/C29H19N3O/c1-33-24-12-10-21(11-13-24)28-29-26(25-4-2-3-5-27(25)31-28)17-23-16-22(14-15-32(23)29)20-8-6-19(18-30)7-9-20/h2-17H,1H3. The lowest BCUT2D eigenvalue weighted by atomic mass is 10.0. The number of fused-ring (bicyclic) bond motifs is 5. The van der Waals surface area contributed by atoms with E-state index in [2.05, 4.69) is 65.2 Å². The molecule has 0 saturated heterocycles. The van der Waals surface area contributed by atoms with E-state index in [0.29, 0.717) is 5.56 Å². The number of hydrogen-bond donors (Lipinski definition) is 0. The Morgan fingerprint density at radius 1 is 0.788 bits per heavy atom. The van der Waals surface area contributed by atoms with Crippen molar-refractivity contribution in [1.29, 1.82) is 5.26 Å². The summed E-state index contributed by atoms with van der Waals surface area (Å²) in [4.78, 5) is 5.06. The summed E-state index contributed by atoms with van der Waals surface area (Å²) >= 11 is 0. The molecule has 0 amide bonds. The van der Waals surface area contributed by atoms with E-state index in [-0.39, 0.29) is 0 Å². The van der Waals surface area contributed by atoms with E-state index >= 15 is 0 Å². The van der Waals surface area contributed by atoms with Gasteiger partial charge in [0.05, 0.1) is 35.5 Å². The quantitative estimate of drug-likeness (QED) is 0.311. The molecule has 0 aliphatic rings. The van der Waals surface area contributed by atoms with Gasteiger partial charge in [0, 0.05) is 28.0 Å². The summed E-state index contributed by atoms with van der Waals surface area (Å²) in [6, 6.07) is 32.7. The van der Waals surface area contributed by atoms with E-state index in [4.69, 9.17) is 15.0 Å². The van der Waals surface area contributed by atoms with Gasteiger partial charge >= 0.3 is 0 Å². The van der Waals surface area contributed by atoms with Gasteiger partial charge in [-0.15, -0.1) is 0 Å². The van der Waals surface area contributed by atoms with E-state index in [1.807, 2.05) is 42.5 Å². The molecule has 0 bridgehead atoms. The first-order valence-corrected chi connectivity index (χ1v) is 10.7. The van der Waals surface area contributed by atoms with Crippen LogP contribution in [0.1, 0.15) is 5.56 Å². The van der Waals surface area contributed by atoms with Crippen molar-refractivity contribution in [3.8, 4) is 34.2 Å². The van der Waals surface area contributed by atoms with Crippen LogP contribution in [-0.4, -0.2) is 16.5 Å². The molecule has 6 rings (SSSR count). The number of para-hydroxylation sites is 1. The highest BCUT2D eigenvalue weighted by Crippen LogP contribution is 2.36. The van der Waals surface area contributed by atoms with Gasteiger partial charge in [-0.05, 0) is 71.8 Å². The normalized spacial score (nSPS) is 11.2. The van der Waals surface area contributed by atoms with Crippen LogP contribution in [0.15, 0.2) is 97.2 Å². The number of nitriles is 1. The first-order chi connectivity index (χ1) is 16.2. The first-order valence-electron chi connectivity index (χ1n) is 10.7. The van der Waals surface area contributed by atoms with Crippen LogP contribution in [0, 0.1) is 11.3 Å². The van der Waals surface area contributed by atoms with Crippen molar-refractivity contribution < 1.29 is 4.74 Å². The van der Waals surface area contributed by atoms with Crippen molar-refractivity contribution in [2.45, 2.75) is 0 Å². The SMILES string of the molecule is COc1ccc(-c2nc3ccccc3c3cc4cc(-c5ccc(C#N)cc5)ccn4c23)cc1. The highest BCUT2D eigenvalue weighted by molar-refractivity contribution is 6.12. The number of aromatic nitrogens is 2. The van der Waals surface area contributed by atoms with Crippen LogP contribution in [0.4, 0.5) is 0 Å². The summed E-state index contributed by atoms with van der Waals surface area (Å²) in [5.74, 6) is 0.822. The zero-order chi connectivity index (χ0) is 22.4. The minimum Gasteiger partial charge on any atom is -0.497 e. The Morgan fingerprint density at radius 3 is 2.30 bits per heavy atom. The lowest BCUT2D eigenvalue weighted by molar-refractivity contribution is 0.415. The summed E-state index contributed by atoms with van der Waals surface area (Å²) in [5, 5.41) is 11.4. The second-order valence-electron chi connectivity index (χ2n) is 8.01. The van der Waals surface area contributed by atoms with Gasteiger partial charge in [0.1, 0.15) is 5.75 Å². The van der Waals surface area contributed by atoms with Gasteiger partial charge in [0.25, 0.3) is 0 Å². The molecule has 0 saturated carbocycles. The second-order valence-corrected chi connectivity index (χ2v) is 8.01. The number of rotatable bonds is 3. The number of benzene rings is 3. The molecule has 0 unspecified atom stereocenters. The monoisotopic (exact) mass is 425 g/mol. The van der Waals surface area contributed by atoms with Gasteiger partial charge < -0.3 is 9.14 Å². The minimum atomic E-state index is 0.662. The van der Waals surface area contributed by atoms with Gasteiger partial charge in [-0.2, -0.15) is 5.26 Å². The number of ether oxygens (including phenoxy) is 1. The van der Waals surface area contributed by atoms with Crippen LogP contribution in [-0.2, 0) is 0 Å². The Labute approximate surface area is 190 Å². The molecule has 0 radical (unpaired) electrons. The average Bonchev–Trinajstić information content (AvgIpc) is 3.27. The van der Waals surface area contributed by atoms with E-state index in [1.165, 1.54) is 5.39 Å². The van der Waals surface area contributed by atoms with Gasteiger partial charge in [0.2, 0.25) is 0 Å². The number of nitrogens with zero attached hydrogens (tertiary/aromatic N) is 3. The first kappa shape index (κ1) is 19.1. The molecular formula is C29H19N3O. The van der Waals surface area contributed by atoms with E-state index in [0.717, 1.165) is 50.1 Å². The third-order valence-electron chi connectivity index (χ3n) is 6.13. The highest BCUT2D eigenvalue weighted by atomic mass is 16.5. The molecule has 0 N–H and O–H groups in total. The van der Waals surface area contributed by atoms with Crippen LogP contribution in [0.2, 0.25) is 0 Å². The Morgan fingerprint density at radius 2 is 1.55 bits per heavy atom. The van der Waals surface area contributed by atoms with Crippen LogP contribution in [0.5, 0.6) is 5.75 Å². The largest absolute Gasteiger partial charge is 0.497 e. The average molecular weight is 425 g/mol. The topological polar surface area (TPSA) is 50.3 Å². The van der Waals surface area contributed by atoms with Crippen LogP contribution < -0.4 is 4.74 Å². The Balaban J connectivity index is 1.63. The van der Waals surface area contributed by atoms with Gasteiger partial charge in [0.15, 0.2) is 0 Å². The predicted molar refractivity (Wildman–Crippen MR) is 132 cm³/mol.